The number of hydrogen-bond acceptors (Lipinski definition) is 5. The maximum absolute atomic E-state index is 5.83. The third kappa shape index (κ3) is 11.2. The third-order valence-corrected chi connectivity index (χ3v) is 4.91. The third-order valence-electron chi connectivity index (χ3n) is 4.91. The first-order valence-corrected chi connectivity index (χ1v) is 11.2. The molecule has 0 bridgehead atoms. The minimum absolute atomic E-state index is 0. The van der Waals surface area contributed by atoms with E-state index in [0.29, 0.717) is 19.1 Å². The zero-order chi connectivity index (χ0) is 21.4. The normalized spacial score (nSPS) is 14.6. The first-order chi connectivity index (χ1) is 14.8. The fourth-order valence-corrected chi connectivity index (χ4v) is 3.20. The molecule has 0 aliphatic carbocycles. The average molecular weight is 549 g/mol. The molecule has 1 aromatic carbocycles. The van der Waals surface area contributed by atoms with Gasteiger partial charge in [0.1, 0.15) is 0 Å². The van der Waals surface area contributed by atoms with E-state index in [1.54, 1.807) is 7.11 Å². The van der Waals surface area contributed by atoms with Crippen LogP contribution in [0.15, 0.2) is 23.2 Å². The number of guanidine groups is 1. The standard InChI is InChI=1S/C23H39N3O4.HI/c1-4-12-30-21-8-7-20(16-22(21)27-3)17-26-23(24-5-2)25-11-6-13-29-18-19-9-14-28-15-10-19;/h7-8,16,19H,4-6,9-15,17-18H2,1-3H3,(H2,24,25,26);1H. The van der Waals surface area contributed by atoms with Crippen molar-refractivity contribution in [2.45, 2.75) is 46.1 Å². The first-order valence-electron chi connectivity index (χ1n) is 11.2. The van der Waals surface area contributed by atoms with Crippen molar-refractivity contribution in [3.8, 4) is 11.5 Å². The van der Waals surface area contributed by atoms with Gasteiger partial charge in [-0.1, -0.05) is 13.0 Å². The van der Waals surface area contributed by atoms with Crippen LogP contribution in [0.3, 0.4) is 0 Å². The quantitative estimate of drug-likeness (QED) is 0.168. The van der Waals surface area contributed by atoms with E-state index >= 15 is 0 Å². The highest BCUT2D eigenvalue weighted by molar-refractivity contribution is 14.0. The number of halogens is 1. The van der Waals surface area contributed by atoms with Crippen LogP contribution >= 0.6 is 24.0 Å². The number of methoxy groups -OCH3 is 1. The summed E-state index contributed by atoms with van der Waals surface area (Å²) in [5.41, 5.74) is 1.08. The van der Waals surface area contributed by atoms with Gasteiger partial charge in [0.25, 0.3) is 0 Å². The Labute approximate surface area is 204 Å². The number of ether oxygens (including phenoxy) is 4. The largest absolute Gasteiger partial charge is 0.493 e. The van der Waals surface area contributed by atoms with Crippen LogP contribution in [0.1, 0.15) is 45.1 Å². The highest BCUT2D eigenvalue weighted by Gasteiger charge is 2.13. The van der Waals surface area contributed by atoms with Gasteiger partial charge >= 0.3 is 0 Å². The molecule has 1 saturated heterocycles. The summed E-state index contributed by atoms with van der Waals surface area (Å²) in [6.07, 6.45) is 4.15. The van der Waals surface area contributed by atoms with Crippen molar-refractivity contribution in [2.24, 2.45) is 10.9 Å². The van der Waals surface area contributed by atoms with E-state index in [2.05, 4.69) is 29.5 Å². The van der Waals surface area contributed by atoms with Crippen molar-refractivity contribution in [1.82, 2.24) is 10.6 Å². The molecule has 1 aliphatic heterocycles. The second kappa shape index (κ2) is 17.3. The van der Waals surface area contributed by atoms with Crippen LogP contribution in [0.25, 0.3) is 0 Å². The minimum atomic E-state index is 0. The van der Waals surface area contributed by atoms with Crippen molar-refractivity contribution in [1.29, 1.82) is 0 Å². The van der Waals surface area contributed by atoms with E-state index in [9.17, 15) is 0 Å². The summed E-state index contributed by atoms with van der Waals surface area (Å²) in [7, 11) is 1.66. The number of nitrogens with one attached hydrogen (secondary N) is 2. The van der Waals surface area contributed by atoms with E-state index in [0.717, 1.165) is 88.2 Å². The monoisotopic (exact) mass is 549 g/mol. The van der Waals surface area contributed by atoms with Gasteiger partial charge < -0.3 is 29.6 Å². The van der Waals surface area contributed by atoms with Crippen molar-refractivity contribution < 1.29 is 18.9 Å². The van der Waals surface area contributed by atoms with Gasteiger partial charge in [-0.25, -0.2) is 4.99 Å². The first kappa shape index (κ1) is 27.8. The zero-order valence-electron chi connectivity index (χ0n) is 19.3. The maximum Gasteiger partial charge on any atom is 0.191 e. The van der Waals surface area contributed by atoms with E-state index in [1.807, 2.05) is 18.2 Å². The molecule has 0 aromatic heterocycles. The maximum atomic E-state index is 5.83. The number of nitrogens with zero attached hydrogens (tertiary/aromatic N) is 1. The Morgan fingerprint density at radius 1 is 1.13 bits per heavy atom. The van der Waals surface area contributed by atoms with Crippen LogP contribution in [0.2, 0.25) is 0 Å². The molecule has 8 heteroatoms. The summed E-state index contributed by atoms with van der Waals surface area (Å²) >= 11 is 0. The van der Waals surface area contributed by atoms with Crippen LogP contribution in [-0.2, 0) is 16.0 Å². The molecule has 0 atom stereocenters. The van der Waals surface area contributed by atoms with Crippen molar-refractivity contribution >= 4 is 29.9 Å². The van der Waals surface area contributed by atoms with Crippen LogP contribution in [0.5, 0.6) is 11.5 Å². The molecule has 0 amide bonds. The zero-order valence-corrected chi connectivity index (χ0v) is 21.6. The van der Waals surface area contributed by atoms with E-state index in [4.69, 9.17) is 18.9 Å². The Bertz CT molecular complexity index is 625. The predicted molar refractivity (Wildman–Crippen MR) is 136 cm³/mol. The highest BCUT2D eigenvalue weighted by Crippen LogP contribution is 2.28. The van der Waals surface area contributed by atoms with Crippen LogP contribution < -0.4 is 20.1 Å². The van der Waals surface area contributed by atoms with Crippen molar-refractivity contribution in [2.75, 3.05) is 53.2 Å². The Morgan fingerprint density at radius 2 is 1.94 bits per heavy atom. The van der Waals surface area contributed by atoms with Gasteiger partial charge in [-0.15, -0.1) is 24.0 Å². The van der Waals surface area contributed by atoms with Crippen molar-refractivity contribution in [3.05, 3.63) is 23.8 Å². The molecular formula is C23H40IN3O4. The molecule has 1 heterocycles. The lowest BCUT2D eigenvalue weighted by Crippen LogP contribution is -2.38. The van der Waals surface area contributed by atoms with Crippen LogP contribution in [0.4, 0.5) is 0 Å². The molecule has 31 heavy (non-hydrogen) atoms. The molecule has 2 rings (SSSR count). The van der Waals surface area contributed by atoms with Gasteiger partial charge in [0.2, 0.25) is 0 Å². The molecule has 2 N–H and O–H groups in total. The molecule has 1 aliphatic rings. The lowest BCUT2D eigenvalue weighted by Gasteiger charge is -2.21. The molecule has 0 spiro atoms. The van der Waals surface area contributed by atoms with Gasteiger partial charge in [-0.05, 0) is 56.2 Å². The lowest BCUT2D eigenvalue weighted by molar-refractivity contribution is 0.0203. The van der Waals surface area contributed by atoms with E-state index in [1.165, 1.54) is 0 Å². The number of rotatable bonds is 13. The molecule has 7 nitrogen and oxygen atoms in total. The van der Waals surface area contributed by atoms with E-state index < -0.39 is 0 Å². The number of hydrogen-bond donors (Lipinski definition) is 2. The summed E-state index contributed by atoms with van der Waals surface area (Å²) in [4.78, 5) is 4.69. The molecule has 178 valence electrons. The second-order valence-electron chi connectivity index (χ2n) is 7.44. The molecule has 0 saturated carbocycles. The lowest BCUT2D eigenvalue weighted by atomic mass is 10.0. The van der Waals surface area contributed by atoms with Gasteiger partial charge in [0.15, 0.2) is 17.5 Å². The average Bonchev–Trinajstić information content (AvgIpc) is 2.79. The van der Waals surface area contributed by atoms with Gasteiger partial charge in [0, 0.05) is 39.5 Å². The molecule has 0 radical (unpaired) electrons. The predicted octanol–water partition coefficient (Wildman–Crippen LogP) is 3.99. The Morgan fingerprint density at radius 3 is 2.65 bits per heavy atom. The van der Waals surface area contributed by atoms with E-state index in [-0.39, 0.29) is 24.0 Å². The van der Waals surface area contributed by atoms with Gasteiger partial charge in [-0.3, -0.25) is 0 Å². The van der Waals surface area contributed by atoms with Crippen LogP contribution in [0, 0.1) is 5.92 Å². The Balaban J connectivity index is 0.00000480. The highest BCUT2D eigenvalue weighted by atomic mass is 127. The molecule has 1 fully saturated rings. The Hall–Kier alpha value is -1.26. The smallest absolute Gasteiger partial charge is 0.191 e. The fourth-order valence-electron chi connectivity index (χ4n) is 3.20. The number of benzene rings is 1. The van der Waals surface area contributed by atoms with Crippen molar-refractivity contribution in [3.63, 3.8) is 0 Å². The summed E-state index contributed by atoms with van der Waals surface area (Å²) < 4.78 is 22.4. The van der Waals surface area contributed by atoms with Gasteiger partial charge in [-0.2, -0.15) is 0 Å². The fraction of sp³-hybridized carbons (Fsp3) is 0.696. The second-order valence-corrected chi connectivity index (χ2v) is 7.44. The minimum Gasteiger partial charge on any atom is -0.493 e. The number of aliphatic imine (C=N–C) groups is 1. The summed E-state index contributed by atoms with van der Waals surface area (Å²) in [5.74, 6) is 2.99. The summed E-state index contributed by atoms with van der Waals surface area (Å²) in [6, 6.07) is 5.97. The summed E-state index contributed by atoms with van der Waals surface area (Å²) in [6.45, 7) is 10.4. The molecule has 0 unspecified atom stereocenters. The molecule has 1 aromatic rings. The topological polar surface area (TPSA) is 73.3 Å². The summed E-state index contributed by atoms with van der Waals surface area (Å²) in [5, 5.41) is 6.67. The van der Waals surface area contributed by atoms with Gasteiger partial charge in [0.05, 0.1) is 20.3 Å². The molecular weight excluding hydrogens is 509 g/mol. The Kier molecular flexibility index (Phi) is 15.5. The SMILES string of the molecule is CCCOc1ccc(CN=C(NCC)NCCCOCC2CCOCC2)cc1OC.I. The van der Waals surface area contributed by atoms with Crippen LogP contribution in [-0.4, -0.2) is 59.2 Å².